The number of halogens is 3. The summed E-state index contributed by atoms with van der Waals surface area (Å²) in [5.74, 6) is -4.13. The first-order chi connectivity index (χ1) is 12.5. The molecule has 0 radical (unpaired) electrons. The summed E-state index contributed by atoms with van der Waals surface area (Å²) in [5, 5.41) is 14.5. The van der Waals surface area contributed by atoms with Gasteiger partial charge in [-0.2, -0.15) is 9.61 Å². The zero-order chi connectivity index (χ0) is 18.4. The third-order valence-electron chi connectivity index (χ3n) is 4.61. The Hall–Kier alpha value is -2.17. The number of thiazole rings is 1. The van der Waals surface area contributed by atoms with Crippen LogP contribution < -0.4 is 0 Å². The minimum absolute atomic E-state index is 0.128. The largest absolute Gasteiger partial charge is 0.492 e. The summed E-state index contributed by atoms with van der Waals surface area (Å²) in [6.45, 7) is 2.80. The third kappa shape index (κ3) is 2.83. The molecule has 26 heavy (non-hydrogen) atoms. The van der Waals surface area contributed by atoms with Crippen molar-refractivity contribution in [2.45, 2.75) is 6.04 Å². The predicted molar refractivity (Wildman–Crippen MR) is 89.8 cm³/mol. The summed E-state index contributed by atoms with van der Waals surface area (Å²) < 4.78 is 42.4. The van der Waals surface area contributed by atoms with E-state index in [4.69, 9.17) is 0 Å². The van der Waals surface area contributed by atoms with E-state index >= 15 is 0 Å². The van der Waals surface area contributed by atoms with Gasteiger partial charge >= 0.3 is 0 Å². The van der Waals surface area contributed by atoms with Crippen LogP contribution in [0.1, 0.15) is 16.5 Å². The zero-order valence-corrected chi connectivity index (χ0v) is 14.7. The fourth-order valence-corrected chi connectivity index (χ4v) is 4.30. The van der Waals surface area contributed by atoms with Gasteiger partial charge in [0, 0.05) is 26.2 Å². The Morgan fingerprint density at radius 2 is 1.77 bits per heavy atom. The lowest BCUT2D eigenvalue weighted by Gasteiger charge is -2.37. The first kappa shape index (κ1) is 17.3. The second kappa shape index (κ2) is 6.53. The number of aromatic hydroxyl groups is 1. The van der Waals surface area contributed by atoms with Crippen LogP contribution in [-0.4, -0.2) is 62.7 Å². The van der Waals surface area contributed by atoms with Crippen molar-refractivity contribution < 1.29 is 18.3 Å². The van der Waals surface area contributed by atoms with Crippen LogP contribution >= 0.6 is 11.3 Å². The van der Waals surface area contributed by atoms with E-state index in [1.807, 2.05) is 11.9 Å². The van der Waals surface area contributed by atoms with E-state index in [1.54, 1.807) is 0 Å². The maximum Gasteiger partial charge on any atom is 0.230 e. The summed E-state index contributed by atoms with van der Waals surface area (Å²) in [7, 11) is 1.99. The highest BCUT2D eigenvalue weighted by Crippen LogP contribution is 2.40. The zero-order valence-electron chi connectivity index (χ0n) is 13.9. The molecule has 0 amide bonds. The maximum absolute atomic E-state index is 13.9. The number of piperazine rings is 1. The molecular formula is C16H16F3N5OS. The highest BCUT2D eigenvalue weighted by atomic mass is 32.1. The molecule has 1 fully saturated rings. The number of fused-ring (bicyclic) bond motifs is 1. The lowest BCUT2D eigenvalue weighted by Crippen LogP contribution is -2.46. The second-order valence-corrected chi connectivity index (χ2v) is 7.29. The van der Waals surface area contributed by atoms with Crippen LogP contribution in [0.15, 0.2) is 18.5 Å². The van der Waals surface area contributed by atoms with Crippen LogP contribution in [0.5, 0.6) is 5.88 Å². The molecule has 1 aromatic carbocycles. The molecule has 1 N–H and O–H groups in total. The van der Waals surface area contributed by atoms with E-state index in [0.717, 1.165) is 25.2 Å². The Morgan fingerprint density at radius 3 is 2.38 bits per heavy atom. The molecule has 1 aliphatic heterocycles. The second-order valence-electron chi connectivity index (χ2n) is 6.28. The standard InChI is InChI=1S/C16H16F3N5OS/c1-22-2-4-23(5-3-22)13(9-6-10(17)12(19)11(18)7-9)14-15(25)24-16(26-14)20-8-21-24/h6-8,13,25H,2-5H2,1H3. The van der Waals surface area contributed by atoms with E-state index in [9.17, 15) is 18.3 Å². The van der Waals surface area contributed by atoms with Gasteiger partial charge in [-0.1, -0.05) is 11.3 Å². The van der Waals surface area contributed by atoms with E-state index in [1.165, 1.54) is 22.2 Å². The Labute approximate surface area is 151 Å². The van der Waals surface area contributed by atoms with Crippen molar-refractivity contribution in [3.8, 4) is 5.88 Å². The number of rotatable bonds is 3. The number of aromatic nitrogens is 3. The van der Waals surface area contributed by atoms with Crippen molar-refractivity contribution in [3.63, 3.8) is 0 Å². The van der Waals surface area contributed by atoms with Crippen molar-refractivity contribution in [1.29, 1.82) is 0 Å². The number of nitrogens with zero attached hydrogens (tertiary/aromatic N) is 5. The van der Waals surface area contributed by atoms with Crippen molar-refractivity contribution in [3.05, 3.63) is 46.4 Å². The van der Waals surface area contributed by atoms with Crippen LogP contribution in [0.25, 0.3) is 4.96 Å². The van der Waals surface area contributed by atoms with Gasteiger partial charge in [-0.15, -0.1) is 0 Å². The first-order valence-electron chi connectivity index (χ1n) is 8.04. The fraction of sp³-hybridized carbons (Fsp3) is 0.375. The molecular weight excluding hydrogens is 367 g/mol. The first-order valence-corrected chi connectivity index (χ1v) is 8.85. The Morgan fingerprint density at radius 1 is 1.12 bits per heavy atom. The highest BCUT2D eigenvalue weighted by Gasteiger charge is 2.32. The van der Waals surface area contributed by atoms with Gasteiger partial charge in [0.25, 0.3) is 0 Å². The molecule has 4 rings (SSSR count). The van der Waals surface area contributed by atoms with Gasteiger partial charge in [-0.25, -0.2) is 18.2 Å². The van der Waals surface area contributed by atoms with Gasteiger partial charge < -0.3 is 10.0 Å². The lowest BCUT2D eigenvalue weighted by molar-refractivity contribution is 0.127. The Balaban J connectivity index is 1.84. The van der Waals surface area contributed by atoms with Crippen molar-refractivity contribution in [2.75, 3.05) is 33.2 Å². The summed E-state index contributed by atoms with van der Waals surface area (Å²) in [5.41, 5.74) is 0.241. The molecule has 0 bridgehead atoms. The van der Waals surface area contributed by atoms with Gasteiger partial charge in [0.1, 0.15) is 6.33 Å². The topological polar surface area (TPSA) is 56.9 Å². The summed E-state index contributed by atoms with van der Waals surface area (Å²) >= 11 is 1.19. The van der Waals surface area contributed by atoms with Crippen LogP contribution in [0.2, 0.25) is 0 Å². The number of hydrogen-bond donors (Lipinski definition) is 1. The Kier molecular flexibility index (Phi) is 4.33. The molecule has 0 spiro atoms. The predicted octanol–water partition coefficient (Wildman–Crippen LogP) is 2.25. The molecule has 1 unspecified atom stereocenters. The van der Waals surface area contributed by atoms with Crippen LogP contribution in [0.4, 0.5) is 13.2 Å². The monoisotopic (exact) mass is 383 g/mol. The summed E-state index contributed by atoms with van der Waals surface area (Å²) in [6, 6.07) is 1.34. The molecule has 2 aromatic heterocycles. The number of likely N-dealkylation sites (N-methyl/N-ethyl adjacent to an activating group) is 1. The van der Waals surface area contributed by atoms with Crippen molar-refractivity contribution in [1.82, 2.24) is 24.4 Å². The summed E-state index contributed by atoms with van der Waals surface area (Å²) in [4.78, 5) is 9.15. The molecule has 3 aromatic rings. The minimum Gasteiger partial charge on any atom is -0.492 e. The average molecular weight is 383 g/mol. The van der Waals surface area contributed by atoms with Gasteiger partial charge in [0.15, 0.2) is 17.5 Å². The summed E-state index contributed by atoms with van der Waals surface area (Å²) in [6.07, 6.45) is 1.32. The Bertz CT molecular complexity index is 928. The average Bonchev–Trinajstić information content (AvgIpc) is 3.18. The molecule has 1 aliphatic rings. The molecule has 0 aliphatic carbocycles. The normalized spacial score (nSPS) is 17.8. The molecule has 1 saturated heterocycles. The molecule has 0 saturated carbocycles. The molecule has 1 atom stereocenters. The highest BCUT2D eigenvalue weighted by molar-refractivity contribution is 7.17. The molecule has 6 nitrogen and oxygen atoms in total. The van der Waals surface area contributed by atoms with E-state index in [2.05, 4.69) is 15.0 Å². The van der Waals surface area contributed by atoms with Crippen LogP contribution in [0, 0.1) is 17.5 Å². The van der Waals surface area contributed by atoms with E-state index < -0.39 is 23.5 Å². The lowest BCUT2D eigenvalue weighted by atomic mass is 10.0. The van der Waals surface area contributed by atoms with Gasteiger partial charge in [0.2, 0.25) is 10.8 Å². The number of benzene rings is 1. The van der Waals surface area contributed by atoms with Gasteiger partial charge in [-0.3, -0.25) is 4.90 Å². The smallest absolute Gasteiger partial charge is 0.230 e. The van der Waals surface area contributed by atoms with Crippen molar-refractivity contribution >= 4 is 16.3 Å². The van der Waals surface area contributed by atoms with Crippen LogP contribution in [-0.2, 0) is 0 Å². The van der Waals surface area contributed by atoms with E-state index in [-0.39, 0.29) is 11.4 Å². The molecule has 138 valence electrons. The van der Waals surface area contributed by atoms with Crippen molar-refractivity contribution in [2.24, 2.45) is 0 Å². The molecule has 10 heteroatoms. The minimum atomic E-state index is -1.50. The third-order valence-corrected chi connectivity index (χ3v) is 5.70. The van der Waals surface area contributed by atoms with Crippen LogP contribution in [0.3, 0.4) is 0 Å². The SMILES string of the molecule is CN1CCN(C(c2cc(F)c(F)c(F)c2)c2sc3ncnn3c2O)CC1. The molecule has 3 heterocycles. The van der Waals surface area contributed by atoms with E-state index in [0.29, 0.717) is 22.9 Å². The van der Waals surface area contributed by atoms with Gasteiger partial charge in [0.05, 0.1) is 10.9 Å². The number of hydrogen-bond acceptors (Lipinski definition) is 6. The van der Waals surface area contributed by atoms with Gasteiger partial charge in [-0.05, 0) is 24.7 Å². The maximum atomic E-state index is 13.9. The fourth-order valence-electron chi connectivity index (χ4n) is 3.21. The quantitative estimate of drug-likeness (QED) is 0.703.